The zero-order valence-corrected chi connectivity index (χ0v) is 16.6. The van der Waals surface area contributed by atoms with Gasteiger partial charge in [0.15, 0.2) is 0 Å². The first-order chi connectivity index (χ1) is 11.1. The number of rotatable bonds is 2. The van der Waals surface area contributed by atoms with E-state index in [2.05, 4.69) is 34.6 Å². The molecule has 1 aliphatic carbocycles. The van der Waals surface area contributed by atoms with Crippen molar-refractivity contribution in [3.63, 3.8) is 0 Å². The molecule has 3 rings (SSSR count). The Kier molecular flexibility index (Phi) is 4.44. The third kappa shape index (κ3) is 3.20. The summed E-state index contributed by atoms with van der Waals surface area (Å²) in [6.45, 7) is 13.1. The van der Waals surface area contributed by atoms with Crippen molar-refractivity contribution in [2.24, 2.45) is 17.3 Å². The van der Waals surface area contributed by atoms with Gasteiger partial charge >= 0.3 is 0 Å². The molecule has 1 aromatic carbocycles. The predicted octanol–water partition coefficient (Wildman–Crippen LogP) is 5.59. The first kappa shape index (κ1) is 17.7. The molecule has 24 heavy (non-hydrogen) atoms. The maximum Gasteiger partial charge on any atom is 0.106 e. The van der Waals surface area contributed by atoms with Crippen LogP contribution in [0.2, 0.25) is 0 Å². The van der Waals surface area contributed by atoms with Crippen molar-refractivity contribution in [2.45, 2.75) is 71.3 Å². The van der Waals surface area contributed by atoms with Gasteiger partial charge in [0.1, 0.15) is 11.4 Å². The minimum Gasteiger partial charge on any atom is -0.491 e. The monoisotopic (exact) mass is 346 g/mol. The summed E-state index contributed by atoms with van der Waals surface area (Å²) in [7, 11) is -1.14. The van der Waals surface area contributed by atoms with Crippen LogP contribution in [0.1, 0.15) is 59.4 Å². The Hall–Kier alpha value is -1.09. The number of allylic oxidation sites excluding steroid dienone is 2. The lowest BCUT2D eigenvalue weighted by atomic mass is 9.62. The molecule has 3 atom stereocenters. The summed E-state index contributed by atoms with van der Waals surface area (Å²) in [6.07, 6.45) is 3.45. The van der Waals surface area contributed by atoms with Gasteiger partial charge in [-0.3, -0.25) is 0 Å². The smallest absolute Gasteiger partial charge is 0.106 e. The van der Waals surface area contributed by atoms with E-state index >= 15 is 0 Å². The maximum atomic E-state index is 13.4. The Morgan fingerprint density at radius 1 is 1.08 bits per heavy atom. The number of aryl methyl sites for hydroxylation is 1. The van der Waals surface area contributed by atoms with E-state index in [0.29, 0.717) is 17.3 Å². The van der Waals surface area contributed by atoms with Gasteiger partial charge in [0.25, 0.3) is 0 Å². The van der Waals surface area contributed by atoms with E-state index in [0.717, 1.165) is 28.4 Å². The predicted molar refractivity (Wildman–Crippen MR) is 100 cm³/mol. The van der Waals surface area contributed by atoms with Crippen molar-refractivity contribution in [2.75, 3.05) is 0 Å². The first-order valence-corrected chi connectivity index (χ1v) is 10.1. The van der Waals surface area contributed by atoms with Crippen molar-refractivity contribution in [1.29, 1.82) is 0 Å². The molecule has 0 amide bonds. The standard InChI is InChI=1S/C21H30O2S/c1-14-7-9-16(10-8-14)24(22)19-15(2)23-21(5,6)18-11-12-20(3,4)13-17(18)19/h7-10,17-18H,11-13H2,1-6H3/t17-,18+,24-/m0/s1. The fourth-order valence-corrected chi connectivity index (χ4v) is 6.00. The summed E-state index contributed by atoms with van der Waals surface area (Å²) in [5.41, 5.74) is 1.32. The van der Waals surface area contributed by atoms with Crippen LogP contribution in [0.25, 0.3) is 0 Å². The number of ether oxygens (including phenoxy) is 1. The third-order valence-corrected chi connectivity index (χ3v) is 7.51. The summed E-state index contributed by atoms with van der Waals surface area (Å²) in [5.74, 6) is 1.66. The third-order valence-electron chi connectivity index (χ3n) is 5.82. The number of fused-ring (bicyclic) bond motifs is 1. The van der Waals surface area contributed by atoms with Crippen molar-refractivity contribution >= 4 is 10.8 Å². The van der Waals surface area contributed by atoms with E-state index in [-0.39, 0.29) is 5.60 Å². The Morgan fingerprint density at radius 2 is 1.71 bits per heavy atom. The van der Waals surface area contributed by atoms with Gasteiger partial charge in [0.05, 0.1) is 15.7 Å². The van der Waals surface area contributed by atoms with Gasteiger partial charge in [0.2, 0.25) is 0 Å². The summed E-state index contributed by atoms with van der Waals surface area (Å²) >= 11 is 0. The summed E-state index contributed by atoms with van der Waals surface area (Å²) < 4.78 is 19.6. The van der Waals surface area contributed by atoms with Crippen molar-refractivity contribution < 1.29 is 8.95 Å². The highest BCUT2D eigenvalue weighted by molar-refractivity contribution is 7.89. The van der Waals surface area contributed by atoms with Gasteiger partial charge < -0.3 is 4.74 Å². The highest BCUT2D eigenvalue weighted by Crippen LogP contribution is 2.54. The van der Waals surface area contributed by atoms with Crippen molar-refractivity contribution in [3.05, 3.63) is 40.5 Å². The summed E-state index contributed by atoms with van der Waals surface area (Å²) in [5, 5.41) is 0. The molecule has 2 nitrogen and oxygen atoms in total. The van der Waals surface area contributed by atoms with E-state index < -0.39 is 10.8 Å². The fourth-order valence-electron chi connectivity index (χ4n) is 4.53. The Bertz CT molecular complexity index is 682. The molecule has 1 aromatic rings. The van der Waals surface area contributed by atoms with Crippen LogP contribution in [0.15, 0.2) is 39.8 Å². The highest BCUT2D eigenvalue weighted by Gasteiger charge is 2.49. The molecule has 0 radical (unpaired) electrons. The fraction of sp³-hybridized carbons (Fsp3) is 0.619. The topological polar surface area (TPSA) is 26.3 Å². The lowest BCUT2D eigenvalue weighted by molar-refractivity contribution is -0.0781. The lowest BCUT2D eigenvalue weighted by Crippen LogP contribution is -2.48. The average Bonchev–Trinajstić information content (AvgIpc) is 2.45. The molecule has 0 bridgehead atoms. The van der Waals surface area contributed by atoms with E-state index in [4.69, 9.17) is 4.74 Å². The Labute approximate surface area is 149 Å². The number of hydrogen-bond acceptors (Lipinski definition) is 2. The van der Waals surface area contributed by atoms with Crippen molar-refractivity contribution in [3.8, 4) is 0 Å². The van der Waals surface area contributed by atoms with E-state index in [1.807, 2.05) is 31.2 Å². The maximum absolute atomic E-state index is 13.4. The van der Waals surface area contributed by atoms with Crippen LogP contribution in [0.3, 0.4) is 0 Å². The molecule has 2 aliphatic rings. The average molecular weight is 347 g/mol. The minimum atomic E-state index is -1.14. The molecule has 3 heteroatoms. The molecule has 1 fully saturated rings. The Morgan fingerprint density at radius 3 is 2.33 bits per heavy atom. The zero-order valence-electron chi connectivity index (χ0n) is 15.8. The Balaban J connectivity index is 2.03. The number of hydrogen-bond donors (Lipinski definition) is 0. The van der Waals surface area contributed by atoms with Gasteiger partial charge in [-0.1, -0.05) is 31.5 Å². The lowest BCUT2D eigenvalue weighted by Gasteiger charge is -2.51. The molecular formula is C21H30O2S. The molecule has 0 spiro atoms. The molecule has 132 valence electrons. The zero-order chi connectivity index (χ0) is 17.7. The normalized spacial score (nSPS) is 29.6. The summed E-state index contributed by atoms with van der Waals surface area (Å²) in [4.78, 5) is 1.91. The molecule has 1 saturated carbocycles. The highest BCUT2D eigenvalue weighted by atomic mass is 32.2. The van der Waals surface area contributed by atoms with Gasteiger partial charge in [-0.2, -0.15) is 0 Å². The second kappa shape index (κ2) is 6.01. The van der Waals surface area contributed by atoms with Crippen LogP contribution in [0.5, 0.6) is 0 Å². The van der Waals surface area contributed by atoms with Gasteiger partial charge in [-0.05, 0) is 64.5 Å². The second-order valence-electron chi connectivity index (χ2n) is 8.83. The molecule has 1 heterocycles. The summed E-state index contributed by atoms with van der Waals surface area (Å²) in [6, 6.07) is 8.07. The largest absolute Gasteiger partial charge is 0.491 e. The van der Waals surface area contributed by atoms with Crippen molar-refractivity contribution in [1.82, 2.24) is 0 Å². The molecule has 0 saturated heterocycles. The van der Waals surface area contributed by atoms with Crippen LogP contribution in [0.4, 0.5) is 0 Å². The van der Waals surface area contributed by atoms with Crippen LogP contribution in [0, 0.1) is 24.2 Å². The van der Waals surface area contributed by atoms with Crippen LogP contribution < -0.4 is 0 Å². The SMILES string of the molecule is CC1=C([S@@](=O)c2ccc(C)cc2)[C@H]2CC(C)(C)CC[C@H]2C(C)(C)O1. The van der Waals surface area contributed by atoms with Gasteiger partial charge in [0, 0.05) is 16.7 Å². The number of benzene rings is 1. The van der Waals surface area contributed by atoms with Crippen LogP contribution in [-0.4, -0.2) is 9.81 Å². The van der Waals surface area contributed by atoms with Crippen LogP contribution >= 0.6 is 0 Å². The molecule has 0 aromatic heterocycles. The van der Waals surface area contributed by atoms with E-state index in [9.17, 15) is 4.21 Å². The first-order valence-electron chi connectivity index (χ1n) is 8.99. The van der Waals surface area contributed by atoms with E-state index in [1.165, 1.54) is 12.0 Å². The molecule has 0 unspecified atom stereocenters. The van der Waals surface area contributed by atoms with Gasteiger partial charge in [-0.15, -0.1) is 0 Å². The van der Waals surface area contributed by atoms with E-state index in [1.54, 1.807) is 0 Å². The second-order valence-corrected chi connectivity index (χ2v) is 10.3. The minimum absolute atomic E-state index is 0.174. The molecular weight excluding hydrogens is 316 g/mol. The molecule has 0 N–H and O–H groups in total. The van der Waals surface area contributed by atoms with Gasteiger partial charge in [-0.25, -0.2) is 4.21 Å². The van der Waals surface area contributed by atoms with Crippen LogP contribution in [-0.2, 0) is 15.5 Å². The molecule has 1 aliphatic heterocycles. The quantitative estimate of drug-likeness (QED) is 0.698.